The van der Waals surface area contributed by atoms with Crippen molar-refractivity contribution in [3.05, 3.63) is 35.2 Å². The first-order valence-electron chi connectivity index (χ1n) is 11.7. The minimum atomic E-state index is -0.637. The molecule has 1 unspecified atom stereocenters. The molecule has 36 heavy (non-hydrogen) atoms. The Balaban J connectivity index is 1.46. The van der Waals surface area contributed by atoms with Gasteiger partial charge in [0.15, 0.2) is 0 Å². The van der Waals surface area contributed by atoms with Crippen molar-refractivity contribution >= 4 is 50.9 Å². The first-order chi connectivity index (χ1) is 17.3. The first kappa shape index (κ1) is 25.5. The number of piperazine rings is 1. The van der Waals surface area contributed by atoms with E-state index in [0.29, 0.717) is 53.5 Å². The van der Waals surface area contributed by atoms with E-state index >= 15 is 0 Å². The number of fused-ring (bicyclic) bond motifs is 1. The SMILES string of the molecule is COc1ccc(NC(=O)N2CCN(c3nc(N)nc4scc(C(=O)NCC(O)C(C)C)c34)CC2)cc1. The molecule has 3 aromatic rings. The quantitative estimate of drug-likeness (QED) is 0.377. The summed E-state index contributed by atoms with van der Waals surface area (Å²) in [6, 6.07) is 6.96. The molecule has 3 heterocycles. The Kier molecular flexibility index (Phi) is 7.75. The van der Waals surface area contributed by atoms with Crippen LogP contribution in [0.3, 0.4) is 0 Å². The van der Waals surface area contributed by atoms with E-state index < -0.39 is 6.10 Å². The second-order valence-electron chi connectivity index (χ2n) is 8.89. The number of urea groups is 1. The Morgan fingerprint density at radius 3 is 2.50 bits per heavy atom. The molecule has 1 atom stereocenters. The van der Waals surface area contributed by atoms with E-state index in [9.17, 15) is 14.7 Å². The number of nitrogen functional groups attached to an aromatic ring is 1. The number of carbonyl (C=O) groups is 2. The summed E-state index contributed by atoms with van der Waals surface area (Å²) in [4.78, 5) is 38.8. The van der Waals surface area contributed by atoms with Crippen LogP contribution in [-0.4, -0.2) is 77.9 Å². The maximum Gasteiger partial charge on any atom is 0.321 e. The number of thiophene rings is 1. The van der Waals surface area contributed by atoms with E-state index in [1.165, 1.54) is 11.3 Å². The third kappa shape index (κ3) is 5.60. The van der Waals surface area contributed by atoms with E-state index in [1.807, 2.05) is 18.7 Å². The average molecular weight is 514 g/mol. The second kappa shape index (κ2) is 11.0. The van der Waals surface area contributed by atoms with Crippen molar-refractivity contribution in [1.29, 1.82) is 0 Å². The third-order valence-corrected chi connectivity index (χ3v) is 7.00. The van der Waals surface area contributed by atoms with E-state index in [1.54, 1.807) is 41.7 Å². The number of nitrogens with two attached hydrogens (primary N) is 1. The molecule has 0 bridgehead atoms. The fourth-order valence-electron chi connectivity index (χ4n) is 3.86. The van der Waals surface area contributed by atoms with Gasteiger partial charge >= 0.3 is 6.03 Å². The van der Waals surface area contributed by atoms with Crippen molar-refractivity contribution in [2.24, 2.45) is 5.92 Å². The van der Waals surface area contributed by atoms with Crippen LogP contribution in [0, 0.1) is 5.92 Å². The van der Waals surface area contributed by atoms with Gasteiger partial charge in [0.1, 0.15) is 16.4 Å². The lowest BCUT2D eigenvalue weighted by Gasteiger charge is -2.35. The normalized spacial score (nSPS) is 14.7. The summed E-state index contributed by atoms with van der Waals surface area (Å²) in [5.41, 5.74) is 7.10. The zero-order chi connectivity index (χ0) is 25.8. The van der Waals surface area contributed by atoms with Crippen molar-refractivity contribution in [1.82, 2.24) is 20.2 Å². The average Bonchev–Trinajstić information content (AvgIpc) is 3.31. The molecule has 1 aliphatic heterocycles. The van der Waals surface area contributed by atoms with Crippen molar-refractivity contribution in [3.63, 3.8) is 0 Å². The number of methoxy groups -OCH3 is 1. The van der Waals surface area contributed by atoms with Gasteiger partial charge in [0, 0.05) is 43.8 Å². The number of aliphatic hydroxyl groups excluding tert-OH is 1. The number of aromatic nitrogens is 2. The smallest absolute Gasteiger partial charge is 0.321 e. The summed E-state index contributed by atoms with van der Waals surface area (Å²) < 4.78 is 5.15. The van der Waals surface area contributed by atoms with E-state index in [2.05, 4.69) is 20.6 Å². The van der Waals surface area contributed by atoms with Crippen molar-refractivity contribution in [2.45, 2.75) is 20.0 Å². The van der Waals surface area contributed by atoms with Gasteiger partial charge < -0.3 is 36.0 Å². The Morgan fingerprint density at radius 2 is 1.86 bits per heavy atom. The molecule has 11 nitrogen and oxygen atoms in total. The maximum atomic E-state index is 12.9. The number of anilines is 3. The van der Waals surface area contributed by atoms with Crippen LogP contribution in [0.5, 0.6) is 5.75 Å². The van der Waals surface area contributed by atoms with Crippen LogP contribution in [-0.2, 0) is 0 Å². The van der Waals surface area contributed by atoms with Gasteiger partial charge in [-0.2, -0.15) is 4.98 Å². The topological polar surface area (TPSA) is 146 Å². The molecule has 0 aliphatic carbocycles. The zero-order valence-corrected chi connectivity index (χ0v) is 21.3. The van der Waals surface area contributed by atoms with Gasteiger partial charge in [-0.1, -0.05) is 13.8 Å². The summed E-state index contributed by atoms with van der Waals surface area (Å²) >= 11 is 1.32. The lowest BCUT2D eigenvalue weighted by Crippen LogP contribution is -2.50. The number of ether oxygens (including phenoxy) is 1. The molecule has 1 fully saturated rings. The number of hydrogen-bond acceptors (Lipinski definition) is 9. The summed E-state index contributed by atoms with van der Waals surface area (Å²) in [6.07, 6.45) is -0.637. The third-order valence-electron chi connectivity index (χ3n) is 6.13. The van der Waals surface area contributed by atoms with E-state index in [0.717, 1.165) is 5.75 Å². The number of benzene rings is 1. The summed E-state index contributed by atoms with van der Waals surface area (Å²) in [5, 5.41) is 18.1. The molecule has 3 amide bonds. The van der Waals surface area contributed by atoms with Crippen molar-refractivity contribution in [3.8, 4) is 5.75 Å². The maximum absolute atomic E-state index is 12.9. The van der Waals surface area contributed by atoms with Gasteiger partial charge in [-0.15, -0.1) is 11.3 Å². The predicted octanol–water partition coefficient (Wildman–Crippen LogP) is 2.38. The van der Waals surface area contributed by atoms with Crippen LogP contribution in [0.15, 0.2) is 29.6 Å². The molecule has 1 aliphatic rings. The largest absolute Gasteiger partial charge is 0.497 e. The van der Waals surface area contributed by atoms with Gasteiger partial charge in [-0.05, 0) is 30.2 Å². The Morgan fingerprint density at radius 1 is 1.17 bits per heavy atom. The monoisotopic (exact) mass is 513 g/mol. The molecule has 1 aromatic carbocycles. The second-order valence-corrected chi connectivity index (χ2v) is 9.75. The molecular weight excluding hydrogens is 482 g/mol. The van der Waals surface area contributed by atoms with Crippen LogP contribution in [0.1, 0.15) is 24.2 Å². The van der Waals surface area contributed by atoms with Gasteiger partial charge in [-0.25, -0.2) is 9.78 Å². The number of nitrogens with zero attached hydrogens (tertiary/aromatic N) is 4. The van der Waals surface area contributed by atoms with Gasteiger partial charge in [0.05, 0.1) is 24.2 Å². The Bertz CT molecular complexity index is 1220. The van der Waals surface area contributed by atoms with Gasteiger partial charge in [0.2, 0.25) is 5.95 Å². The number of amides is 3. The van der Waals surface area contributed by atoms with Gasteiger partial charge in [0.25, 0.3) is 5.91 Å². The standard InChI is InChI=1S/C24H31N7O4S/c1-14(2)18(32)12-26-21(33)17-13-36-22-19(17)20(28-23(25)29-22)30-8-10-31(11-9-30)24(34)27-15-4-6-16(35-3)7-5-15/h4-7,13-14,18,32H,8-12H2,1-3H3,(H,26,33)(H,27,34)(H2,25,28,29). The molecule has 1 saturated heterocycles. The molecule has 0 saturated carbocycles. The predicted molar refractivity (Wildman–Crippen MR) is 141 cm³/mol. The lowest BCUT2D eigenvalue weighted by atomic mass is 10.1. The van der Waals surface area contributed by atoms with E-state index in [-0.39, 0.29) is 30.3 Å². The fraction of sp³-hybridized carbons (Fsp3) is 0.417. The Hall–Kier alpha value is -3.64. The van der Waals surface area contributed by atoms with Crippen molar-refractivity contribution < 1.29 is 19.4 Å². The van der Waals surface area contributed by atoms with Crippen LogP contribution in [0.4, 0.5) is 22.2 Å². The minimum Gasteiger partial charge on any atom is -0.497 e. The molecule has 0 spiro atoms. The molecular formula is C24H31N7O4S. The highest BCUT2D eigenvalue weighted by atomic mass is 32.1. The molecule has 0 radical (unpaired) electrons. The number of nitrogens with one attached hydrogen (secondary N) is 2. The molecule has 4 rings (SSSR count). The van der Waals surface area contributed by atoms with Crippen LogP contribution in [0.25, 0.3) is 10.2 Å². The van der Waals surface area contributed by atoms with Crippen LogP contribution >= 0.6 is 11.3 Å². The van der Waals surface area contributed by atoms with Crippen LogP contribution < -0.4 is 26.0 Å². The fourth-order valence-corrected chi connectivity index (χ4v) is 4.78. The molecule has 2 aromatic heterocycles. The highest BCUT2D eigenvalue weighted by Gasteiger charge is 2.27. The lowest BCUT2D eigenvalue weighted by molar-refractivity contribution is 0.0873. The summed E-state index contributed by atoms with van der Waals surface area (Å²) in [7, 11) is 1.59. The van der Waals surface area contributed by atoms with Gasteiger partial charge in [-0.3, -0.25) is 4.79 Å². The number of rotatable bonds is 7. The number of hydrogen-bond donors (Lipinski definition) is 4. The molecule has 192 valence electrons. The number of aliphatic hydroxyl groups is 1. The summed E-state index contributed by atoms with van der Waals surface area (Å²) in [6.45, 7) is 5.92. The van der Waals surface area contributed by atoms with Crippen LogP contribution in [0.2, 0.25) is 0 Å². The highest BCUT2D eigenvalue weighted by Crippen LogP contribution is 2.33. The highest BCUT2D eigenvalue weighted by molar-refractivity contribution is 7.17. The molecule has 12 heteroatoms. The van der Waals surface area contributed by atoms with E-state index in [4.69, 9.17) is 10.5 Å². The zero-order valence-electron chi connectivity index (χ0n) is 20.5. The minimum absolute atomic E-state index is 0.0291. The number of carbonyl (C=O) groups excluding carboxylic acids is 2. The molecule has 5 N–H and O–H groups in total. The summed E-state index contributed by atoms with van der Waals surface area (Å²) in [5.74, 6) is 1.15. The first-order valence-corrected chi connectivity index (χ1v) is 12.6. The van der Waals surface area contributed by atoms with Crippen molar-refractivity contribution in [2.75, 3.05) is 55.8 Å². The Labute approximate surface area is 213 Å².